The second-order valence-electron chi connectivity index (χ2n) is 5.27. The standard InChI is InChI=1S/C16H23N3/c1-13-4-3-5-14(12-13)6-7-15(17)8-9-16-10-11-18-19(16)2/h3-5,10-12,15H,6-9,17H2,1-2H3. The highest BCUT2D eigenvalue weighted by atomic mass is 15.2. The molecular formula is C16H23N3. The van der Waals surface area contributed by atoms with Crippen LogP contribution in [0.4, 0.5) is 0 Å². The van der Waals surface area contributed by atoms with Gasteiger partial charge < -0.3 is 5.73 Å². The fraction of sp³-hybridized carbons (Fsp3) is 0.438. The molecule has 0 radical (unpaired) electrons. The van der Waals surface area contributed by atoms with Crippen molar-refractivity contribution in [3.05, 3.63) is 53.3 Å². The summed E-state index contributed by atoms with van der Waals surface area (Å²) in [4.78, 5) is 0. The van der Waals surface area contributed by atoms with E-state index in [1.54, 1.807) is 0 Å². The first kappa shape index (κ1) is 13.8. The molecule has 0 amide bonds. The molecular weight excluding hydrogens is 234 g/mol. The van der Waals surface area contributed by atoms with Crippen LogP contribution in [0.1, 0.15) is 29.7 Å². The lowest BCUT2D eigenvalue weighted by molar-refractivity contribution is 0.553. The van der Waals surface area contributed by atoms with Crippen LogP contribution in [0.25, 0.3) is 0 Å². The molecule has 1 aromatic carbocycles. The van der Waals surface area contributed by atoms with E-state index >= 15 is 0 Å². The third-order valence-corrected chi connectivity index (χ3v) is 3.58. The SMILES string of the molecule is Cc1cccc(CCC(N)CCc2ccnn2C)c1. The first-order valence-electron chi connectivity index (χ1n) is 6.93. The quantitative estimate of drug-likeness (QED) is 0.864. The molecule has 19 heavy (non-hydrogen) atoms. The second-order valence-corrected chi connectivity index (χ2v) is 5.27. The molecule has 0 aliphatic heterocycles. The minimum atomic E-state index is 0.260. The smallest absolute Gasteiger partial charge is 0.0492 e. The summed E-state index contributed by atoms with van der Waals surface area (Å²) in [6, 6.07) is 11.0. The molecule has 102 valence electrons. The van der Waals surface area contributed by atoms with Gasteiger partial charge in [-0.1, -0.05) is 29.8 Å². The van der Waals surface area contributed by atoms with Crippen molar-refractivity contribution in [1.29, 1.82) is 0 Å². The van der Waals surface area contributed by atoms with E-state index in [0.717, 1.165) is 25.7 Å². The Kier molecular flexibility index (Phi) is 4.74. The van der Waals surface area contributed by atoms with Gasteiger partial charge in [0.2, 0.25) is 0 Å². The van der Waals surface area contributed by atoms with Gasteiger partial charge in [-0.25, -0.2) is 0 Å². The molecule has 2 rings (SSSR count). The van der Waals surface area contributed by atoms with E-state index < -0.39 is 0 Å². The lowest BCUT2D eigenvalue weighted by atomic mass is 10.0. The predicted molar refractivity (Wildman–Crippen MR) is 79.0 cm³/mol. The Bertz CT molecular complexity index is 516. The van der Waals surface area contributed by atoms with Crippen molar-refractivity contribution in [1.82, 2.24) is 9.78 Å². The largest absolute Gasteiger partial charge is 0.328 e. The molecule has 1 atom stereocenters. The van der Waals surface area contributed by atoms with Crippen molar-refractivity contribution in [3.63, 3.8) is 0 Å². The number of hydrogen-bond acceptors (Lipinski definition) is 2. The minimum absolute atomic E-state index is 0.260. The number of rotatable bonds is 6. The zero-order valence-electron chi connectivity index (χ0n) is 11.8. The molecule has 0 fully saturated rings. The van der Waals surface area contributed by atoms with Crippen molar-refractivity contribution in [3.8, 4) is 0 Å². The summed E-state index contributed by atoms with van der Waals surface area (Å²) in [5, 5.41) is 4.17. The van der Waals surface area contributed by atoms with Crippen LogP contribution in [0.3, 0.4) is 0 Å². The van der Waals surface area contributed by atoms with Gasteiger partial charge in [-0.05, 0) is 44.2 Å². The third kappa shape index (κ3) is 4.21. The summed E-state index contributed by atoms with van der Waals surface area (Å²) < 4.78 is 1.92. The molecule has 0 saturated heterocycles. The molecule has 3 heteroatoms. The maximum Gasteiger partial charge on any atom is 0.0492 e. The Morgan fingerprint density at radius 1 is 1.21 bits per heavy atom. The van der Waals surface area contributed by atoms with Gasteiger partial charge in [-0.2, -0.15) is 5.10 Å². The van der Waals surface area contributed by atoms with Gasteiger partial charge in [-0.15, -0.1) is 0 Å². The molecule has 0 saturated carbocycles. The van der Waals surface area contributed by atoms with Gasteiger partial charge in [0, 0.05) is 25.0 Å². The molecule has 1 aromatic heterocycles. The predicted octanol–water partition coefficient (Wildman–Crippen LogP) is 2.62. The number of aryl methyl sites for hydroxylation is 4. The summed E-state index contributed by atoms with van der Waals surface area (Å²) >= 11 is 0. The molecule has 0 aliphatic rings. The summed E-state index contributed by atoms with van der Waals surface area (Å²) in [5.41, 5.74) is 10.2. The Morgan fingerprint density at radius 2 is 2.00 bits per heavy atom. The number of aromatic nitrogens is 2. The lowest BCUT2D eigenvalue weighted by Crippen LogP contribution is -2.22. The average molecular weight is 257 g/mol. The Labute approximate surface area is 115 Å². The zero-order chi connectivity index (χ0) is 13.7. The lowest BCUT2D eigenvalue weighted by Gasteiger charge is -2.11. The first-order chi connectivity index (χ1) is 9.15. The van der Waals surface area contributed by atoms with Crippen LogP contribution in [-0.4, -0.2) is 15.8 Å². The van der Waals surface area contributed by atoms with Gasteiger partial charge in [0.1, 0.15) is 0 Å². The van der Waals surface area contributed by atoms with E-state index in [2.05, 4.69) is 42.4 Å². The molecule has 1 heterocycles. The Morgan fingerprint density at radius 3 is 2.68 bits per heavy atom. The van der Waals surface area contributed by atoms with Crippen LogP contribution in [0.2, 0.25) is 0 Å². The zero-order valence-corrected chi connectivity index (χ0v) is 11.8. The Hall–Kier alpha value is -1.61. The third-order valence-electron chi connectivity index (χ3n) is 3.58. The highest BCUT2D eigenvalue weighted by Gasteiger charge is 2.06. The fourth-order valence-corrected chi connectivity index (χ4v) is 2.34. The van der Waals surface area contributed by atoms with E-state index in [9.17, 15) is 0 Å². The van der Waals surface area contributed by atoms with Crippen LogP contribution < -0.4 is 5.73 Å². The highest BCUT2D eigenvalue weighted by molar-refractivity contribution is 5.22. The van der Waals surface area contributed by atoms with Gasteiger partial charge in [0.15, 0.2) is 0 Å². The van der Waals surface area contributed by atoms with Crippen molar-refractivity contribution < 1.29 is 0 Å². The van der Waals surface area contributed by atoms with Crippen LogP contribution in [0.5, 0.6) is 0 Å². The average Bonchev–Trinajstić information content (AvgIpc) is 2.80. The van der Waals surface area contributed by atoms with Gasteiger partial charge in [0.25, 0.3) is 0 Å². The van der Waals surface area contributed by atoms with Crippen LogP contribution in [0, 0.1) is 6.92 Å². The van der Waals surface area contributed by atoms with E-state index in [-0.39, 0.29) is 6.04 Å². The summed E-state index contributed by atoms with van der Waals surface area (Å²) in [6.45, 7) is 2.13. The first-order valence-corrected chi connectivity index (χ1v) is 6.93. The summed E-state index contributed by atoms with van der Waals surface area (Å²) in [7, 11) is 1.98. The summed E-state index contributed by atoms with van der Waals surface area (Å²) in [5.74, 6) is 0. The van der Waals surface area contributed by atoms with Crippen LogP contribution >= 0.6 is 0 Å². The minimum Gasteiger partial charge on any atom is -0.328 e. The van der Waals surface area contributed by atoms with Gasteiger partial charge >= 0.3 is 0 Å². The second kappa shape index (κ2) is 6.53. The highest BCUT2D eigenvalue weighted by Crippen LogP contribution is 2.10. The molecule has 0 spiro atoms. The molecule has 0 bridgehead atoms. The molecule has 2 N–H and O–H groups in total. The maximum absolute atomic E-state index is 6.20. The maximum atomic E-state index is 6.20. The Balaban J connectivity index is 1.76. The molecule has 2 aromatic rings. The van der Waals surface area contributed by atoms with Crippen LogP contribution in [0.15, 0.2) is 36.5 Å². The van der Waals surface area contributed by atoms with E-state index in [1.165, 1.54) is 16.8 Å². The normalized spacial score (nSPS) is 12.6. The molecule has 3 nitrogen and oxygen atoms in total. The number of hydrogen-bond donors (Lipinski definition) is 1. The fourth-order valence-electron chi connectivity index (χ4n) is 2.34. The van der Waals surface area contributed by atoms with E-state index in [0.29, 0.717) is 0 Å². The monoisotopic (exact) mass is 257 g/mol. The molecule has 0 aliphatic carbocycles. The van der Waals surface area contributed by atoms with Crippen molar-refractivity contribution >= 4 is 0 Å². The van der Waals surface area contributed by atoms with Crippen LogP contribution in [-0.2, 0) is 19.9 Å². The number of nitrogens with two attached hydrogens (primary N) is 1. The van der Waals surface area contributed by atoms with Gasteiger partial charge in [0.05, 0.1) is 0 Å². The number of nitrogens with zero attached hydrogens (tertiary/aromatic N) is 2. The van der Waals surface area contributed by atoms with Crippen molar-refractivity contribution in [2.45, 2.75) is 38.6 Å². The van der Waals surface area contributed by atoms with Crippen molar-refractivity contribution in [2.75, 3.05) is 0 Å². The summed E-state index contributed by atoms with van der Waals surface area (Å²) in [6.07, 6.45) is 5.97. The van der Waals surface area contributed by atoms with Gasteiger partial charge in [-0.3, -0.25) is 4.68 Å². The van der Waals surface area contributed by atoms with E-state index in [4.69, 9.17) is 5.73 Å². The number of benzene rings is 1. The van der Waals surface area contributed by atoms with Crippen molar-refractivity contribution in [2.24, 2.45) is 12.8 Å². The van der Waals surface area contributed by atoms with E-state index in [1.807, 2.05) is 17.9 Å². The molecule has 1 unspecified atom stereocenters. The topological polar surface area (TPSA) is 43.8 Å².